The number of fused-ring (bicyclic) bond motifs is 1. The molecule has 7 nitrogen and oxygen atoms in total. The van der Waals surface area contributed by atoms with E-state index in [1.807, 2.05) is 49.4 Å². The summed E-state index contributed by atoms with van der Waals surface area (Å²) >= 11 is 0. The fourth-order valence-electron chi connectivity index (χ4n) is 3.86. The summed E-state index contributed by atoms with van der Waals surface area (Å²) in [5, 5.41) is 17.3. The Balaban J connectivity index is 1.67. The van der Waals surface area contributed by atoms with Crippen LogP contribution in [0.5, 0.6) is 11.5 Å². The van der Waals surface area contributed by atoms with Gasteiger partial charge in [-0.2, -0.15) is 5.10 Å². The van der Waals surface area contributed by atoms with Crippen molar-refractivity contribution in [2.45, 2.75) is 25.5 Å². The van der Waals surface area contributed by atoms with Crippen molar-refractivity contribution in [3.05, 3.63) is 84.3 Å². The van der Waals surface area contributed by atoms with Crippen molar-refractivity contribution in [3.63, 3.8) is 0 Å². The lowest BCUT2D eigenvalue weighted by Gasteiger charge is -2.28. The molecule has 3 aromatic carbocycles. The molecule has 4 aromatic rings. The summed E-state index contributed by atoms with van der Waals surface area (Å²) in [6, 6.07) is 18.8. The molecule has 0 radical (unpaired) electrons. The number of aliphatic hydroxyl groups excluding tert-OH is 1. The monoisotopic (exact) mass is 463 g/mol. The molecule has 1 aromatic heterocycles. The number of benzene rings is 3. The normalized spacial score (nSPS) is 12.8. The van der Waals surface area contributed by atoms with Gasteiger partial charge in [-0.1, -0.05) is 19.1 Å². The van der Waals surface area contributed by atoms with Crippen LogP contribution < -0.4 is 14.8 Å². The quantitative estimate of drug-likeness (QED) is 0.389. The fourth-order valence-corrected chi connectivity index (χ4v) is 3.86. The summed E-state index contributed by atoms with van der Waals surface area (Å²) in [7, 11) is 1.59. The van der Waals surface area contributed by atoms with Gasteiger partial charge in [0.25, 0.3) is 0 Å². The Labute approximate surface area is 196 Å². The average Bonchev–Trinajstić information content (AvgIpc) is 3.29. The molecule has 1 amide bonds. The highest BCUT2D eigenvalue weighted by Gasteiger charge is 2.26. The third kappa shape index (κ3) is 5.02. The number of aliphatic hydroxyl groups is 1. The van der Waals surface area contributed by atoms with E-state index < -0.39 is 18.6 Å². The fraction of sp³-hybridized carbons (Fsp3) is 0.231. The topological polar surface area (TPSA) is 85.6 Å². The smallest absolute Gasteiger partial charge is 0.246 e. The first kappa shape index (κ1) is 23.3. The molecule has 2 N–H and O–H groups in total. The van der Waals surface area contributed by atoms with Crippen LogP contribution >= 0.6 is 0 Å². The van der Waals surface area contributed by atoms with Crippen LogP contribution in [-0.2, 0) is 4.79 Å². The lowest BCUT2D eigenvalue weighted by atomic mass is 9.99. The van der Waals surface area contributed by atoms with Crippen LogP contribution in [-0.4, -0.2) is 40.6 Å². The molecule has 4 rings (SSSR count). The van der Waals surface area contributed by atoms with E-state index in [0.717, 1.165) is 22.2 Å². The maximum atomic E-state index is 13.3. The van der Waals surface area contributed by atoms with Gasteiger partial charge >= 0.3 is 0 Å². The Bertz CT molecular complexity index is 1270. The average molecular weight is 464 g/mol. The van der Waals surface area contributed by atoms with Gasteiger partial charge < -0.3 is 19.9 Å². The molecular weight excluding hydrogens is 437 g/mol. The maximum Gasteiger partial charge on any atom is 0.246 e. The van der Waals surface area contributed by atoms with E-state index in [1.54, 1.807) is 30.1 Å². The van der Waals surface area contributed by atoms with Crippen molar-refractivity contribution in [2.75, 3.05) is 13.7 Å². The van der Waals surface area contributed by atoms with Gasteiger partial charge in [0.05, 0.1) is 30.6 Å². The van der Waals surface area contributed by atoms with Gasteiger partial charge in [0, 0.05) is 5.39 Å². The van der Waals surface area contributed by atoms with Crippen molar-refractivity contribution in [2.24, 2.45) is 0 Å². The van der Waals surface area contributed by atoms with Gasteiger partial charge in [0.1, 0.15) is 30.0 Å². The van der Waals surface area contributed by atoms with Gasteiger partial charge in [-0.3, -0.25) is 4.79 Å². The second-order valence-corrected chi connectivity index (χ2v) is 7.81. The van der Waals surface area contributed by atoms with Crippen LogP contribution in [0.2, 0.25) is 0 Å². The molecule has 0 spiro atoms. The number of hydrogen-bond acceptors (Lipinski definition) is 5. The second kappa shape index (κ2) is 10.4. The molecule has 2 atom stereocenters. The molecule has 0 aliphatic rings. The van der Waals surface area contributed by atoms with Crippen molar-refractivity contribution in [1.29, 1.82) is 0 Å². The number of carbonyl (C=O) groups excluding carboxylic acids is 1. The first-order valence-electron chi connectivity index (χ1n) is 11.0. The van der Waals surface area contributed by atoms with Gasteiger partial charge in [-0.15, -0.1) is 0 Å². The number of hydrogen-bond donors (Lipinski definition) is 2. The zero-order valence-electron chi connectivity index (χ0n) is 18.9. The number of nitrogens with one attached hydrogen (secondary N) is 1. The third-order valence-corrected chi connectivity index (χ3v) is 5.59. The highest BCUT2D eigenvalue weighted by molar-refractivity contribution is 5.81. The van der Waals surface area contributed by atoms with Crippen LogP contribution in [0.4, 0.5) is 4.39 Å². The van der Waals surface area contributed by atoms with Crippen LogP contribution in [0.1, 0.15) is 25.0 Å². The molecule has 0 aliphatic carbocycles. The van der Waals surface area contributed by atoms with E-state index in [0.29, 0.717) is 17.9 Å². The second-order valence-electron chi connectivity index (χ2n) is 7.81. The first-order valence-corrected chi connectivity index (χ1v) is 11.0. The minimum absolute atomic E-state index is 0.307. The van der Waals surface area contributed by atoms with Crippen LogP contribution in [0.3, 0.4) is 0 Å². The summed E-state index contributed by atoms with van der Waals surface area (Å²) in [6.45, 7) is 1.34. The van der Waals surface area contributed by atoms with E-state index in [2.05, 4.69) is 10.4 Å². The third-order valence-electron chi connectivity index (χ3n) is 5.59. The van der Waals surface area contributed by atoms with Crippen molar-refractivity contribution >= 4 is 16.8 Å². The van der Waals surface area contributed by atoms with Crippen molar-refractivity contribution < 1.29 is 23.8 Å². The van der Waals surface area contributed by atoms with Crippen LogP contribution in [0, 0.1) is 5.82 Å². The molecule has 0 fully saturated rings. The SMILES string of the molecule is CC[C@H](NC(=O)CO)[C@H](Oc1ccc2c(cnn2-c2ccc(F)cc2)c1)c1cccc(OC)c1. The molecular formula is C26H26FN3O4. The van der Waals surface area contributed by atoms with Crippen molar-refractivity contribution in [1.82, 2.24) is 15.1 Å². The van der Waals surface area contributed by atoms with Gasteiger partial charge in [-0.05, 0) is 66.6 Å². The minimum atomic E-state index is -0.601. The molecule has 0 unspecified atom stereocenters. The number of nitrogens with zero attached hydrogens (tertiary/aromatic N) is 2. The summed E-state index contributed by atoms with van der Waals surface area (Å²) < 4.78 is 26.8. The summed E-state index contributed by atoms with van der Waals surface area (Å²) in [4.78, 5) is 11.9. The summed E-state index contributed by atoms with van der Waals surface area (Å²) in [6.07, 6.45) is 1.77. The zero-order valence-corrected chi connectivity index (χ0v) is 18.9. The molecule has 0 saturated heterocycles. The van der Waals surface area contributed by atoms with Crippen LogP contribution in [0.15, 0.2) is 72.9 Å². The number of rotatable bonds is 9. The Kier molecular flexibility index (Phi) is 7.08. The number of methoxy groups -OCH3 is 1. The Morgan fingerprint density at radius 1 is 1.12 bits per heavy atom. The van der Waals surface area contributed by atoms with Gasteiger partial charge in [-0.25, -0.2) is 9.07 Å². The van der Waals surface area contributed by atoms with Crippen LogP contribution in [0.25, 0.3) is 16.6 Å². The number of aromatic nitrogens is 2. The van der Waals surface area contributed by atoms with Gasteiger partial charge in [0.2, 0.25) is 5.91 Å². The molecule has 34 heavy (non-hydrogen) atoms. The Morgan fingerprint density at radius 2 is 1.91 bits per heavy atom. The van der Waals surface area contributed by atoms with E-state index in [-0.39, 0.29) is 11.9 Å². The molecule has 0 aliphatic heterocycles. The molecule has 176 valence electrons. The minimum Gasteiger partial charge on any atom is -0.497 e. The summed E-state index contributed by atoms with van der Waals surface area (Å²) in [5.74, 6) is 0.485. The predicted octanol–water partition coefficient (Wildman–Crippen LogP) is 4.18. The van der Waals surface area contributed by atoms with Gasteiger partial charge in [0.15, 0.2) is 0 Å². The maximum absolute atomic E-state index is 13.3. The zero-order chi connectivity index (χ0) is 24.1. The highest BCUT2D eigenvalue weighted by Crippen LogP contribution is 2.31. The van der Waals surface area contributed by atoms with E-state index in [1.165, 1.54) is 12.1 Å². The van der Waals surface area contributed by atoms with E-state index in [4.69, 9.17) is 9.47 Å². The largest absolute Gasteiger partial charge is 0.497 e. The number of ether oxygens (including phenoxy) is 2. The summed E-state index contributed by atoms with van der Waals surface area (Å²) in [5.41, 5.74) is 2.42. The molecule has 1 heterocycles. The Morgan fingerprint density at radius 3 is 2.62 bits per heavy atom. The number of amides is 1. The first-order chi connectivity index (χ1) is 16.5. The van der Waals surface area contributed by atoms with Crippen molar-refractivity contribution in [3.8, 4) is 17.2 Å². The molecule has 8 heteroatoms. The molecule has 0 saturated carbocycles. The Hall–Kier alpha value is -3.91. The number of carbonyl (C=O) groups is 1. The number of halogens is 1. The lowest BCUT2D eigenvalue weighted by Crippen LogP contribution is -2.42. The predicted molar refractivity (Wildman–Crippen MR) is 127 cm³/mol. The molecule has 0 bridgehead atoms. The van der Waals surface area contributed by atoms with E-state index in [9.17, 15) is 14.3 Å². The standard InChI is InChI=1S/C26H26FN3O4/c1-3-23(29-25(32)16-31)26(17-5-4-6-21(13-17)33-2)34-22-11-12-24-18(14-22)15-28-30(24)20-9-7-19(27)8-10-20/h4-15,23,26,31H,3,16H2,1-2H3,(H,29,32)/t23-,26+/m0/s1. The van der Waals surface area contributed by atoms with E-state index >= 15 is 0 Å². The lowest BCUT2D eigenvalue weighted by molar-refractivity contribution is -0.125. The highest BCUT2D eigenvalue weighted by atomic mass is 19.1.